The lowest BCUT2D eigenvalue weighted by molar-refractivity contribution is -0.234. The smallest absolute Gasteiger partial charge is 0.331 e. The van der Waals surface area contributed by atoms with E-state index < -0.39 is 22.4 Å². The fourth-order valence-electron chi connectivity index (χ4n) is 7.39. The number of hydrogen-bond acceptors (Lipinski definition) is 7. The van der Waals surface area contributed by atoms with Gasteiger partial charge in [-0.3, -0.25) is 4.79 Å². The molecule has 4 heterocycles. The first-order valence-corrected chi connectivity index (χ1v) is 11.7. The lowest BCUT2D eigenvalue weighted by Gasteiger charge is -2.36. The average Bonchev–Trinajstić information content (AvgIpc) is 3.12. The normalized spacial score (nSPS) is 44.8. The van der Waals surface area contributed by atoms with Gasteiger partial charge in [-0.25, -0.2) is 4.79 Å². The maximum absolute atomic E-state index is 13.3. The molecule has 1 aromatic rings. The molecular weight excluding hydrogens is 424 g/mol. The summed E-state index contributed by atoms with van der Waals surface area (Å²) in [6.07, 6.45) is 12.1. The number of rotatable bonds is 5. The van der Waals surface area contributed by atoms with E-state index >= 15 is 0 Å². The maximum atomic E-state index is 13.3. The van der Waals surface area contributed by atoms with Crippen molar-refractivity contribution in [2.45, 2.75) is 76.0 Å². The van der Waals surface area contributed by atoms with Crippen LogP contribution >= 0.6 is 0 Å². The molecule has 0 spiro atoms. The van der Waals surface area contributed by atoms with Crippen molar-refractivity contribution in [3.05, 3.63) is 48.0 Å². The van der Waals surface area contributed by atoms with E-state index in [1.165, 1.54) is 6.08 Å². The summed E-state index contributed by atoms with van der Waals surface area (Å²) in [5.74, 6) is -1.51. The monoisotopic (exact) mass is 454 g/mol. The van der Waals surface area contributed by atoms with Gasteiger partial charge in [0.05, 0.1) is 23.5 Å². The number of carbonyl (C=O) groups is 2. The summed E-state index contributed by atoms with van der Waals surface area (Å²) < 4.78 is 29.6. The highest BCUT2D eigenvalue weighted by molar-refractivity contribution is 5.90. The Hall–Kier alpha value is -2.38. The number of esters is 2. The third-order valence-corrected chi connectivity index (χ3v) is 8.95. The Morgan fingerprint density at radius 1 is 1.21 bits per heavy atom. The maximum Gasteiger partial charge on any atom is 0.331 e. The van der Waals surface area contributed by atoms with Crippen molar-refractivity contribution in [1.82, 2.24) is 0 Å². The minimum Gasteiger partial charge on any atom is -0.472 e. The van der Waals surface area contributed by atoms with Gasteiger partial charge in [-0.1, -0.05) is 11.6 Å². The van der Waals surface area contributed by atoms with E-state index in [9.17, 15) is 9.59 Å². The van der Waals surface area contributed by atoms with Crippen molar-refractivity contribution in [1.29, 1.82) is 0 Å². The van der Waals surface area contributed by atoms with Gasteiger partial charge in [-0.05, 0) is 52.2 Å². The summed E-state index contributed by atoms with van der Waals surface area (Å²) in [5, 5.41) is 0. The van der Waals surface area contributed by atoms with E-state index in [0.29, 0.717) is 12.8 Å². The van der Waals surface area contributed by atoms with Gasteiger partial charge in [0.1, 0.15) is 11.7 Å². The van der Waals surface area contributed by atoms with E-state index in [4.69, 9.17) is 23.4 Å². The van der Waals surface area contributed by atoms with Crippen LogP contribution < -0.4 is 0 Å². The number of cyclic esters (lactones) is 2. The molecule has 0 aromatic carbocycles. The van der Waals surface area contributed by atoms with Gasteiger partial charge in [0.25, 0.3) is 0 Å². The molecule has 1 aromatic heterocycles. The molecule has 6 atom stereocenters. The van der Waals surface area contributed by atoms with Crippen molar-refractivity contribution < 1.29 is 33.0 Å². The summed E-state index contributed by atoms with van der Waals surface area (Å²) >= 11 is 0. The molecule has 2 aliphatic carbocycles. The summed E-state index contributed by atoms with van der Waals surface area (Å²) in [7, 11) is 1.65. The van der Waals surface area contributed by atoms with Crippen molar-refractivity contribution in [3.8, 4) is 0 Å². The first-order chi connectivity index (χ1) is 15.6. The predicted octanol–water partition coefficient (Wildman–Crippen LogP) is 4.39. The third-order valence-electron chi connectivity index (χ3n) is 8.95. The Bertz CT molecular complexity index is 1080. The van der Waals surface area contributed by atoms with Crippen LogP contribution in [0.4, 0.5) is 0 Å². The van der Waals surface area contributed by atoms with Gasteiger partial charge in [0.15, 0.2) is 5.79 Å². The number of carbonyl (C=O) groups excluding carboxylic acids is 2. The number of hydrogen-bond donors (Lipinski definition) is 0. The van der Waals surface area contributed by atoms with Crippen LogP contribution in [0.15, 0.2) is 46.8 Å². The topological polar surface area (TPSA) is 84.2 Å². The second-order valence-electron chi connectivity index (χ2n) is 11.0. The minimum absolute atomic E-state index is 0.104. The van der Waals surface area contributed by atoms with Gasteiger partial charge in [-0.2, -0.15) is 0 Å². The zero-order valence-corrected chi connectivity index (χ0v) is 19.5. The van der Waals surface area contributed by atoms with Crippen LogP contribution in [-0.4, -0.2) is 36.0 Å². The van der Waals surface area contributed by atoms with E-state index in [1.54, 1.807) is 19.6 Å². The Labute approximate surface area is 193 Å². The van der Waals surface area contributed by atoms with Crippen LogP contribution in [0.1, 0.15) is 64.5 Å². The van der Waals surface area contributed by atoms with E-state index in [-0.39, 0.29) is 29.4 Å². The second-order valence-corrected chi connectivity index (χ2v) is 11.0. The Balaban J connectivity index is 1.31. The molecule has 0 amide bonds. The molecule has 2 saturated heterocycles. The van der Waals surface area contributed by atoms with Gasteiger partial charge < -0.3 is 23.4 Å². The van der Waals surface area contributed by atoms with Crippen LogP contribution in [0.5, 0.6) is 0 Å². The van der Waals surface area contributed by atoms with Crippen LogP contribution in [0.2, 0.25) is 0 Å². The van der Waals surface area contributed by atoms with Gasteiger partial charge >= 0.3 is 11.9 Å². The summed E-state index contributed by atoms with van der Waals surface area (Å²) in [6, 6.07) is 1.89. The zero-order chi connectivity index (χ0) is 23.3. The molecule has 7 nitrogen and oxygen atoms in total. The molecule has 6 rings (SSSR count). The van der Waals surface area contributed by atoms with Gasteiger partial charge in [0, 0.05) is 42.9 Å². The number of ether oxygens (including phenoxy) is 4. The summed E-state index contributed by atoms with van der Waals surface area (Å²) in [5.41, 5.74) is -0.228. The lowest BCUT2D eigenvalue weighted by Crippen LogP contribution is -2.44. The summed E-state index contributed by atoms with van der Waals surface area (Å²) in [6.45, 7) is 5.94. The van der Waals surface area contributed by atoms with Crippen LogP contribution in [0, 0.1) is 16.7 Å². The number of allylic oxidation sites excluding steroid dienone is 1. The standard InChI is InChI=1S/C26H30O7/c1-22(2)18(23(3)10-7-19(27)32-23)13-25(29-4,33-22)12-17-6-5-9-24-15-26(17,24)21(28)31-20(24)16-8-11-30-14-16/h6-8,10-11,14,18,20H,5,9,12-13,15H2,1-4H3/t18-,20-,23-,24+,25+,26+/m0/s1. The first-order valence-electron chi connectivity index (χ1n) is 11.7. The molecule has 1 saturated carbocycles. The number of methoxy groups -OCH3 is 1. The van der Waals surface area contributed by atoms with Crippen molar-refractivity contribution in [2.75, 3.05) is 7.11 Å². The van der Waals surface area contributed by atoms with Crippen molar-refractivity contribution >= 4 is 11.9 Å². The zero-order valence-electron chi connectivity index (χ0n) is 19.5. The molecule has 3 fully saturated rings. The van der Waals surface area contributed by atoms with Crippen molar-refractivity contribution in [3.63, 3.8) is 0 Å². The highest BCUT2D eigenvalue weighted by Crippen LogP contribution is 2.82. The van der Waals surface area contributed by atoms with Gasteiger partial charge in [-0.15, -0.1) is 0 Å². The van der Waals surface area contributed by atoms with Crippen LogP contribution in [0.25, 0.3) is 0 Å². The third kappa shape index (κ3) is 2.63. The molecule has 176 valence electrons. The molecule has 0 bridgehead atoms. The van der Waals surface area contributed by atoms with E-state index in [1.807, 2.05) is 32.9 Å². The molecule has 0 N–H and O–H groups in total. The molecule has 0 radical (unpaired) electrons. The lowest BCUT2D eigenvalue weighted by atomic mass is 9.72. The highest BCUT2D eigenvalue weighted by Gasteiger charge is 2.83. The predicted molar refractivity (Wildman–Crippen MR) is 116 cm³/mol. The van der Waals surface area contributed by atoms with Gasteiger partial charge in [0.2, 0.25) is 0 Å². The fourth-order valence-corrected chi connectivity index (χ4v) is 7.39. The molecular formula is C26H30O7. The average molecular weight is 455 g/mol. The molecule has 5 aliphatic rings. The van der Waals surface area contributed by atoms with Crippen LogP contribution in [-0.2, 0) is 28.5 Å². The second kappa shape index (κ2) is 6.39. The van der Waals surface area contributed by atoms with Crippen LogP contribution in [0.3, 0.4) is 0 Å². The SMILES string of the molecule is CO[C@@]1(CC2=CCC[C@]34C[C@]23C(=O)O[C@H]4c2ccoc2)C[C@H]([C@]2(C)C=CC(=O)O2)C(C)(C)O1. The van der Waals surface area contributed by atoms with E-state index in [2.05, 4.69) is 6.08 Å². The molecule has 7 heteroatoms. The Kier molecular flexibility index (Phi) is 4.10. The fraction of sp³-hybridized carbons (Fsp3) is 0.615. The minimum atomic E-state index is -0.916. The molecule has 33 heavy (non-hydrogen) atoms. The van der Waals surface area contributed by atoms with Crippen molar-refractivity contribution in [2.24, 2.45) is 16.7 Å². The number of furan rings is 1. The quantitative estimate of drug-likeness (QED) is 0.482. The molecule has 0 unspecified atom stereocenters. The Morgan fingerprint density at radius 3 is 2.70 bits per heavy atom. The highest BCUT2D eigenvalue weighted by atomic mass is 16.7. The first kappa shape index (κ1) is 21.2. The summed E-state index contributed by atoms with van der Waals surface area (Å²) in [4.78, 5) is 25.2. The Morgan fingerprint density at radius 2 is 2.03 bits per heavy atom. The van der Waals surface area contributed by atoms with E-state index in [0.717, 1.165) is 30.4 Å². The molecule has 3 aliphatic heterocycles. The largest absolute Gasteiger partial charge is 0.472 e.